The van der Waals surface area contributed by atoms with E-state index in [1.54, 1.807) is 11.0 Å². The minimum absolute atomic E-state index is 0.0359. The van der Waals surface area contributed by atoms with Gasteiger partial charge in [-0.25, -0.2) is 9.37 Å². The summed E-state index contributed by atoms with van der Waals surface area (Å²) in [6, 6.07) is 12.1. The van der Waals surface area contributed by atoms with Gasteiger partial charge in [0, 0.05) is 23.7 Å². The van der Waals surface area contributed by atoms with Gasteiger partial charge in [-0.3, -0.25) is 4.79 Å². The van der Waals surface area contributed by atoms with Crippen LogP contribution in [0.25, 0.3) is 11.1 Å². The first-order chi connectivity index (χ1) is 12.6. The Morgan fingerprint density at radius 1 is 1.27 bits per heavy atom. The van der Waals surface area contributed by atoms with Crippen LogP contribution >= 0.6 is 11.6 Å². The first-order valence-corrected chi connectivity index (χ1v) is 9.06. The smallest absolute Gasteiger partial charge is 0.227 e. The van der Waals surface area contributed by atoms with Crippen LogP contribution < -0.4 is 0 Å². The van der Waals surface area contributed by atoms with Gasteiger partial charge in [0.05, 0.1) is 12.3 Å². The van der Waals surface area contributed by atoms with Crippen LogP contribution in [0.3, 0.4) is 0 Å². The summed E-state index contributed by atoms with van der Waals surface area (Å²) in [5, 5.41) is 0.283. The van der Waals surface area contributed by atoms with Crippen LogP contribution in [-0.4, -0.2) is 28.9 Å². The van der Waals surface area contributed by atoms with E-state index in [4.69, 9.17) is 16.0 Å². The Kier molecular flexibility index (Phi) is 4.64. The van der Waals surface area contributed by atoms with Crippen molar-refractivity contribution < 1.29 is 13.6 Å². The van der Waals surface area contributed by atoms with Crippen LogP contribution in [0, 0.1) is 5.82 Å². The number of hydrogen-bond acceptors (Lipinski definition) is 3. The largest absolute Gasteiger partial charge is 0.440 e. The molecule has 1 aliphatic rings. The lowest BCUT2D eigenvalue weighted by Gasteiger charge is -2.31. The Balaban J connectivity index is 1.50. The lowest BCUT2D eigenvalue weighted by molar-refractivity contribution is -0.131. The topological polar surface area (TPSA) is 46.3 Å². The molecule has 1 fully saturated rings. The number of halogens is 2. The number of nitrogens with zero attached hydrogens (tertiary/aromatic N) is 2. The van der Waals surface area contributed by atoms with Crippen LogP contribution in [0.15, 0.2) is 46.9 Å². The number of fused-ring (bicyclic) bond motifs is 1. The fraction of sp³-hybridized carbons (Fsp3) is 0.300. The molecular formula is C20H18ClFN2O2. The molecule has 1 aliphatic heterocycles. The van der Waals surface area contributed by atoms with E-state index in [1.165, 1.54) is 12.1 Å². The number of benzene rings is 2. The number of rotatable bonds is 3. The molecule has 4 rings (SSSR count). The van der Waals surface area contributed by atoms with Gasteiger partial charge in [0.15, 0.2) is 11.5 Å². The third-order valence-electron chi connectivity index (χ3n) is 4.82. The van der Waals surface area contributed by atoms with Crippen molar-refractivity contribution >= 4 is 28.6 Å². The summed E-state index contributed by atoms with van der Waals surface area (Å²) in [6.45, 7) is 1.18. The van der Waals surface area contributed by atoms with E-state index in [9.17, 15) is 9.18 Å². The molecule has 0 N–H and O–H groups in total. The number of piperidine rings is 1. The summed E-state index contributed by atoms with van der Waals surface area (Å²) in [4.78, 5) is 19.0. The number of amides is 1. The van der Waals surface area contributed by atoms with Gasteiger partial charge < -0.3 is 9.32 Å². The molecule has 3 aromatic rings. The molecule has 1 saturated heterocycles. The van der Waals surface area contributed by atoms with Crippen LogP contribution in [-0.2, 0) is 11.2 Å². The molecular weight excluding hydrogens is 355 g/mol. The second-order valence-corrected chi connectivity index (χ2v) is 6.98. The van der Waals surface area contributed by atoms with Crippen molar-refractivity contribution in [1.29, 1.82) is 0 Å². The van der Waals surface area contributed by atoms with Crippen LogP contribution in [0.2, 0.25) is 5.02 Å². The maximum atomic E-state index is 14.0. The van der Waals surface area contributed by atoms with Crippen molar-refractivity contribution in [2.75, 3.05) is 13.1 Å². The Bertz CT molecular complexity index is 903. The standard InChI is InChI=1S/C20H18ClFN2O2/c21-15-6-3-7-16(22)14(15)11-19(25)24-10-4-5-13(12-24)20-23-17-8-1-2-9-18(17)26-20/h1-3,6-9,13H,4-5,10-12H2. The summed E-state index contributed by atoms with van der Waals surface area (Å²) in [6.07, 6.45) is 1.74. The maximum Gasteiger partial charge on any atom is 0.227 e. The van der Waals surface area contributed by atoms with E-state index in [0.717, 1.165) is 23.9 Å². The SMILES string of the molecule is O=C(Cc1c(F)cccc1Cl)N1CCCC(c2nc3ccccc3o2)C1. The van der Waals surface area contributed by atoms with Gasteiger partial charge in [0.25, 0.3) is 0 Å². The fourth-order valence-electron chi connectivity index (χ4n) is 3.43. The zero-order chi connectivity index (χ0) is 18.1. The average molecular weight is 373 g/mol. The van der Waals surface area contributed by atoms with Crippen molar-refractivity contribution in [3.05, 3.63) is 64.8 Å². The Labute approximate surface area is 155 Å². The minimum atomic E-state index is -0.446. The molecule has 0 saturated carbocycles. The van der Waals surface area contributed by atoms with Gasteiger partial charge in [0.1, 0.15) is 11.3 Å². The monoisotopic (exact) mass is 372 g/mol. The molecule has 1 aromatic heterocycles. The number of para-hydroxylation sites is 2. The highest BCUT2D eigenvalue weighted by Gasteiger charge is 2.28. The third kappa shape index (κ3) is 3.31. The molecule has 1 amide bonds. The number of carbonyl (C=O) groups is 1. The minimum Gasteiger partial charge on any atom is -0.440 e. The van der Waals surface area contributed by atoms with Crippen molar-refractivity contribution in [3.8, 4) is 0 Å². The van der Waals surface area contributed by atoms with Crippen LogP contribution in [0.5, 0.6) is 0 Å². The van der Waals surface area contributed by atoms with Crippen molar-refractivity contribution in [2.45, 2.75) is 25.2 Å². The van der Waals surface area contributed by atoms with E-state index in [2.05, 4.69) is 4.98 Å². The van der Waals surface area contributed by atoms with Gasteiger partial charge >= 0.3 is 0 Å². The van der Waals surface area contributed by atoms with Crippen molar-refractivity contribution in [1.82, 2.24) is 9.88 Å². The predicted molar refractivity (Wildman–Crippen MR) is 97.7 cm³/mol. The second kappa shape index (κ2) is 7.08. The molecule has 1 atom stereocenters. The van der Waals surface area contributed by atoms with Crippen molar-refractivity contribution in [3.63, 3.8) is 0 Å². The number of carbonyl (C=O) groups excluding carboxylic acids is 1. The predicted octanol–water partition coefficient (Wildman–Crippen LogP) is 4.57. The summed E-state index contributed by atoms with van der Waals surface area (Å²) >= 11 is 6.05. The number of hydrogen-bond donors (Lipinski definition) is 0. The summed E-state index contributed by atoms with van der Waals surface area (Å²) < 4.78 is 19.8. The molecule has 6 heteroatoms. The fourth-order valence-corrected chi connectivity index (χ4v) is 3.66. The van der Waals surface area contributed by atoms with E-state index >= 15 is 0 Å². The zero-order valence-electron chi connectivity index (χ0n) is 14.1. The molecule has 0 spiro atoms. The molecule has 26 heavy (non-hydrogen) atoms. The number of aromatic nitrogens is 1. The number of likely N-dealkylation sites (tertiary alicyclic amines) is 1. The molecule has 0 aliphatic carbocycles. The van der Waals surface area contributed by atoms with E-state index in [0.29, 0.717) is 19.0 Å². The zero-order valence-corrected chi connectivity index (χ0v) is 14.9. The van der Waals surface area contributed by atoms with Gasteiger partial charge in [-0.2, -0.15) is 0 Å². The lowest BCUT2D eigenvalue weighted by atomic mass is 9.97. The second-order valence-electron chi connectivity index (χ2n) is 6.58. The van der Waals surface area contributed by atoms with E-state index < -0.39 is 5.82 Å². The molecule has 134 valence electrons. The number of oxazole rings is 1. The Hall–Kier alpha value is -2.40. The highest BCUT2D eigenvalue weighted by Crippen LogP contribution is 2.29. The van der Waals surface area contributed by atoms with E-state index in [-0.39, 0.29) is 28.8 Å². The van der Waals surface area contributed by atoms with Gasteiger partial charge in [0.2, 0.25) is 5.91 Å². The maximum absolute atomic E-state index is 14.0. The first-order valence-electron chi connectivity index (χ1n) is 8.68. The Morgan fingerprint density at radius 2 is 2.12 bits per heavy atom. The normalized spacial score (nSPS) is 17.6. The first kappa shape index (κ1) is 17.0. The quantitative estimate of drug-likeness (QED) is 0.676. The van der Waals surface area contributed by atoms with Crippen LogP contribution in [0.1, 0.15) is 30.2 Å². The Morgan fingerprint density at radius 3 is 2.92 bits per heavy atom. The van der Waals surface area contributed by atoms with Gasteiger partial charge in [-0.1, -0.05) is 29.8 Å². The van der Waals surface area contributed by atoms with Crippen LogP contribution in [0.4, 0.5) is 4.39 Å². The molecule has 2 heterocycles. The van der Waals surface area contributed by atoms with Gasteiger partial charge in [-0.05, 0) is 37.1 Å². The summed E-state index contributed by atoms with van der Waals surface area (Å²) in [7, 11) is 0. The molecule has 4 nitrogen and oxygen atoms in total. The molecule has 0 radical (unpaired) electrons. The highest BCUT2D eigenvalue weighted by atomic mass is 35.5. The van der Waals surface area contributed by atoms with Gasteiger partial charge in [-0.15, -0.1) is 0 Å². The third-order valence-corrected chi connectivity index (χ3v) is 5.18. The van der Waals surface area contributed by atoms with E-state index in [1.807, 2.05) is 24.3 Å². The summed E-state index contributed by atoms with van der Waals surface area (Å²) in [5.74, 6) is 0.139. The molecule has 2 aromatic carbocycles. The highest BCUT2D eigenvalue weighted by molar-refractivity contribution is 6.31. The molecule has 1 unspecified atom stereocenters. The summed E-state index contributed by atoms with van der Waals surface area (Å²) in [5.41, 5.74) is 1.83. The lowest BCUT2D eigenvalue weighted by Crippen LogP contribution is -2.40. The molecule has 0 bridgehead atoms. The van der Waals surface area contributed by atoms with Crippen molar-refractivity contribution in [2.24, 2.45) is 0 Å². The average Bonchev–Trinajstić information content (AvgIpc) is 3.09.